The van der Waals surface area contributed by atoms with Gasteiger partial charge < -0.3 is 4.90 Å². The minimum Gasteiger partial charge on any atom is -0.335 e. The number of hydrogen-bond acceptors (Lipinski definition) is 1. The Hall–Kier alpha value is -1.83. The SMILES string of the molecule is C=CCN(CC=C)C(=O)C(C)c1ccccc1. The van der Waals surface area contributed by atoms with E-state index in [2.05, 4.69) is 13.2 Å². The molecule has 1 rings (SSSR count). The highest BCUT2D eigenvalue weighted by Crippen LogP contribution is 2.17. The number of carbonyl (C=O) groups excluding carboxylic acids is 1. The third-order valence-electron chi connectivity index (χ3n) is 2.68. The molecule has 1 aromatic carbocycles. The maximum atomic E-state index is 12.3. The van der Waals surface area contributed by atoms with Gasteiger partial charge in [-0.25, -0.2) is 0 Å². The number of nitrogens with zero attached hydrogens (tertiary/aromatic N) is 1. The van der Waals surface area contributed by atoms with Crippen molar-refractivity contribution in [1.82, 2.24) is 4.90 Å². The molecule has 2 nitrogen and oxygen atoms in total. The predicted molar refractivity (Wildman–Crippen MR) is 71.8 cm³/mol. The van der Waals surface area contributed by atoms with E-state index in [1.54, 1.807) is 17.1 Å². The van der Waals surface area contributed by atoms with Crippen molar-refractivity contribution in [3.05, 3.63) is 61.2 Å². The van der Waals surface area contributed by atoms with Gasteiger partial charge in [-0.05, 0) is 12.5 Å². The minimum absolute atomic E-state index is 0.107. The molecule has 0 aromatic heterocycles. The Balaban J connectivity index is 2.79. The van der Waals surface area contributed by atoms with Crippen molar-refractivity contribution in [2.75, 3.05) is 13.1 Å². The summed E-state index contributed by atoms with van der Waals surface area (Å²) in [7, 11) is 0. The highest BCUT2D eigenvalue weighted by molar-refractivity contribution is 5.83. The van der Waals surface area contributed by atoms with Crippen LogP contribution in [0.25, 0.3) is 0 Å². The summed E-state index contributed by atoms with van der Waals surface area (Å²) in [5.41, 5.74) is 1.04. The van der Waals surface area contributed by atoms with E-state index in [0.717, 1.165) is 5.56 Å². The first-order valence-corrected chi connectivity index (χ1v) is 5.76. The second-order valence-corrected chi connectivity index (χ2v) is 3.95. The molecule has 0 radical (unpaired) electrons. The Bertz CT molecular complexity index is 373. The summed E-state index contributed by atoms with van der Waals surface area (Å²) in [6, 6.07) is 9.80. The smallest absolute Gasteiger partial charge is 0.230 e. The van der Waals surface area contributed by atoms with Crippen LogP contribution in [0.5, 0.6) is 0 Å². The lowest BCUT2D eigenvalue weighted by atomic mass is 10.00. The zero-order valence-electron chi connectivity index (χ0n) is 10.3. The Labute approximate surface area is 103 Å². The second-order valence-electron chi connectivity index (χ2n) is 3.95. The molecule has 0 aliphatic rings. The molecule has 1 aromatic rings. The van der Waals surface area contributed by atoms with Crippen LogP contribution < -0.4 is 0 Å². The summed E-state index contributed by atoms with van der Waals surface area (Å²) in [6.07, 6.45) is 3.47. The molecular formula is C15H19NO. The van der Waals surface area contributed by atoms with Crippen LogP contribution in [0.15, 0.2) is 55.6 Å². The van der Waals surface area contributed by atoms with Crippen LogP contribution in [0.1, 0.15) is 18.4 Å². The lowest BCUT2D eigenvalue weighted by molar-refractivity contribution is -0.131. The van der Waals surface area contributed by atoms with Gasteiger partial charge in [-0.2, -0.15) is 0 Å². The number of carbonyl (C=O) groups is 1. The zero-order valence-corrected chi connectivity index (χ0v) is 10.3. The average Bonchev–Trinajstić information content (AvgIpc) is 2.38. The summed E-state index contributed by atoms with van der Waals surface area (Å²) in [5.74, 6) is -0.0212. The molecule has 1 amide bonds. The normalized spacial score (nSPS) is 11.6. The maximum absolute atomic E-state index is 12.3. The molecule has 0 spiro atoms. The van der Waals surface area contributed by atoms with E-state index >= 15 is 0 Å². The fraction of sp³-hybridized carbons (Fsp3) is 0.267. The summed E-state index contributed by atoms with van der Waals surface area (Å²) in [6.45, 7) is 10.4. The van der Waals surface area contributed by atoms with Gasteiger partial charge in [-0.1, -0.05) is 42.5 Å². The molecule has 0 fully saturated rings. The van der Waals surface area contributed by atoms with Gasteiger partial charge in [0.15, 0.2) is 0 Å². The minimum atomic E-state index is -0.129. The molecule has 1 atom stereocenters. The van der Waals surface area contributed by atoms with E-state index in [0.29, 0.717) is 13.1 Å². The van der Waals surface area contributed by atoms with Crippen LogP contribution in [0, 0.1) is 0 Å². The van der Waals surface area contributed by atoms with Gasteiger partial charge in [0.1, 0.15) is 0 Å². The van der Waals surface area contributed by atoms with Gasteiger partial charge in [0.05, 0.1) is 5.92 Å². The first-order chi connectivity index (χ1) is 8.20. The molecule has 0 bridgehead atoms. The van der Waals surface area contributed by atoms with Crippen molar-refractivity contribution in [2.45, 2.75) is 12.8 Å². The molecule has 0 saturated carbocycles. The molecule has 0 heterocycles. The van der Waals surface area contributed by atoms with Gasteiger partial charge in [-0.15, -0.1) is 13.2 Å². The quantitative estimate of drug-likeness (QED) is 0.687. The molecule has 0 N–H and O–H groups in total. The summed E-state index contributed by atoms with van der Waals surface area (Å²) in [5, 5.41) is 0. The Morgan fingerprint density at radius 2 is 1.76 bits per heavy atom. The van der Waals surface area contributed by atoms with Crippen LogP contribution >= 0.6 is 0 Å². The van der Waals surface area contributed by atoms with E-state index < -0.39 is 0 Å². The Morgan fingerprint density at radius 3 is 2.24 bits per heavy atom. The van der Waals surface area contributed by atoms with Crippen LogP contribution in [0.4, 0.5) is 0 Å². The molecule has 0 saturated heterocycles. The number of rotatable bonds is 6. The van der Waals surface area contributed by atoms with Crippen molar-refractivity contribution < 1.29 is 4.79 Å². The van der Waals surface area contributed by atoms with Crippen LogP contribution in [-0.4, -0.2) is 23.9 Å². The Morgan fingerprint density at radius 1 is 1.24 bits per heavy atom. The maximum Gasteiger partial charge on any atom is 0.230 e. The van der Waals surface area contributed by atoms with Crippen molar-refractivity contribution in [1.29, 1.82) is 0 Å². The first kappa shape index (κ1) is 13.2. The van der Waals surface area contributed by atoms with Crippen molar-refractivity contribution in [3.63, 3.8) is 0 Å². The number of amides is 1. The standard InChI is InChI=1S/C15H19NO/c1-4-11-16(12-5-2)15(17)13(3)14-9-7-6-8-10-14/h4-10,13H,1-2,11-12H2,3H3. The van der Waals surface area contributed by atoms with Gasteiger partial charge in [-0.3, -0.25) is 4.79 Å². The van der Waals surface area contributed by atoms with Gasteiger partial charge in [0.2, 0.25) is 5.91 Å². The molecule has 0 aliphatic carbocycles. The van der Waals surface area contributed by atoms with Crippen molar-refractivity contribution in [2.24, 2.45) is 0 Å². The summed E-state index contributed by atoms with van der Waals surface area (Å²) < 4.78 is 0. The van der Waals surface area contributed by atoms with Crippen LogP contribution in [-0.2, 0) is 4.79 Å². The number of hydrogen-bond donors (Lipinski definition) is 0. The molecule has 17 heavy (non-hydrogen) atoms. The number of benzene rings is 1. The van der Waals surface area contributed by atoms with E-state index in [4.69, 9.17) is 0 Å². The lowest BCUT2D eigenvalue weighted by Gasteiger charge is -2.23. The second kappa shape index (κ2) is 6.69. The molecule has 0 aliphatic heterocycles. The van der Waals surface area contributed by atoms with E-state index in [1.807, 2.05) is 37.3 Å². The largest absolute Gasteiger partial charge is 0.335 e. The van der Waals surface area contributed by atoms with E-state index in [9.17, 15) is 4.79 Å². The zero-order chi connectivity index (χ0) is 12.7. The molecular weight excluding hydrogens is 210 g/mol. The topological polar surface area (TPSA) is 20.3 Å². The third kappa shape index (κ3) is 3.59. The summed E-state index contributed by atoms with van der Waals surface area (Å²) >= 11 is 0. The molecule has 1 unspecified atom stereocenters. The average molecular weight is 229 g/mol. The lowest BCUT2D eigenvalue weighted by Crippen LogP contribution is -2.34. The third-order valence-corrected chi connectivity index (χ3v) is 2.68. The van der Waals surface area contributed by atoms with Gasteiger partial charge in [0.25, 0.3) is 0 Å². The van der Waals surface area contributed by atoms with Gasteiger partial charge in [0, 0.05) is 13.1 Å². The van der Waals surface area contributed by atoms with Crippen molar-refractivity contribution >= 4 is 5.91 Å². The van der Waals surface area contributed by atoms with Crippen molar-refractivity contribution in [3.8, 4) is 0 Å². The van der Waals surface area contributed by atoms with Crippen LogP contribution in [0.3, 0.4) is 0 Å². The fourth-order valence-electron chi connectivity index (χ4n) is 1.72. The van der Waals surface area contributed by atoms with Crippen LogP contribution in [0.2, 0.25) is 0 Å². The summed E-state index contributed by atoms with van der Waals surface area (Å²) in [4.78, 5) is 14.0. The molecule has 2 heteroatoms. The van der Waals surface area contributed by atoms with E-state index in [1.165, 1.54) is 0 Å². The first-order valence-electron chi connectivity index (χ1n) is 5.76. The monoisotopic (exact) mass is 229 g/mol. The van der Waals surface area contributed by atoms with E-state index in [-0.39, 0.29) is 11.8 Å². The molecule has 90 valence electrons. The highest BCUT2D eigenvalue weighted by Gasteiger charge is 2.19. The van der Waals surface area contributed by atoms with Gasteiger partial charge >= 0.3 is 0 Å². The highest BCUT2D eigenvalue weighted by atomic mass is 16.2. The predicted octanol–water partition coefficient (Wildman–Crippen LogP) is 2.99. The Kier molecular flexibility index (Phi) is 5.21. The fourth-order valence-corrected chi connectivity index (χ4v) is 1.72.